The molecule has 0 radical (unpaired) electrons. The lowest BCUT2D eigenvalue weighted by atomic mass is 9.78. The van der Waals surface area contributed by atoms with Crippen LogP contribution in [0.3, 0.4) is 0 Å². The molecule has 3 unspecified atom stereocenters. The van der Waals surface area contributed by atoms with Crippen LogP contribution < -0.4 is 5.32 Å². The molecule has 112 valence electrons. The molecule has 3 atom stereocenters. The Morgan fingerprint density at radius 1 is 1.30 bits per heavy atom. The van der Waals surface area contributed by atoms with Crippen molar-refractivity contribution in [3.63, 3.8) is 0 Å². The summed E-state index contributed by atoms with van der Waals surface area (Å²) < 4.78 is 0. The molecule has 1 saturated carbocycles. The Hall–Kier alpha value is -0.930. The summed E-state index contributed by atoms with van der Waals surface area (Å²) in [5.74, 6) is 1.66. The van der Waals surface area contributed by atoms with Crippen LogP contribution in [0.4, 0.5) is 0 Å². The van der Waals surface area contributed by atoms with Crippen molar-refractivity contribution >= 4 is 0 Å². The van der Waals surface area contributed by atoms with E-state index in [4.69, 9.17) is 0 Å². The van der Waals surface area contributed by atoms with Crippen LogP contribution in [-0.4, -0.2) is 36.1 Å². The number of hydrogen-bond acceptors (Lipinski definition) is 3. The molecule has 1 N–H and O–H groups in total. The Balaban J connectivity index is 1.88. The van der Waals surface area contributed by atoms with E-state index in [0.717, 1.165) is 24.9 Å². The number of pyridine rings is 1. The zero-order valence-corrected chi connectivity index (χ0v) is 13.2. The Morgan fingerprint density at radius 3 is 2.75 bits per heavy atom. The van der Waals surface area contributed by atoms with E-state index in [2.05, 4.69) is 48.2 Å². The first-order valence-electron chi connectivity index (χ1n) is 7.99. The molecule has 1 fully saturated rings. The fourth-order valence-corrected chi connectivity index (χ4v) is 3.50. The molecule has 1 aliphatic carbocycles. The molecule has 0 aliphatic heterocycles. The van der Waals surface area contributed by atoms with E-state index < -0.39 is 0 Å². The lowest BCUT2D eigenvalue weighted by molar-refractivity contribution is 0.158. The van der Waals surface area contributed by atoms with Crippen molar-refractivity contribution in [3.8, 4) is 0 Å². The maximum Gasteiger partial charge on any atom is 0.0271 e. The van der Waals surface area contributed by atoms with Gasteiger partial charge in [0.1, 0.15) is 0 Å². The van der Waals surface area contributed by atoms with Crippen LogP contribution in [0.15, 0.2) is 24.5 Å². The van der Waals surface area contributed by atoms with E-state index in [1.165, 1.54) is 31.4 Å². The summed E-state index contributed by atoms with van der Waals surface area (Å²) in [7, 11) is 2.24. The number of aromatic nitrogens is 1. The molecule has 0 bridgehead atoms. The molecular weight excluding hydrogens is 246 g/mol. The SMILES string of the molecule is CCNC1CCC(C)CC1CN(C)Cc1ccncc1. The van der Waals surface area contributed by atoms with Crippen molar-refractivity contribution in [1.82, 2.24) is 15.2 Å². The molecular formula is C17H29N3. The molecule has 3 heteroatoms. The minimum Gasteiger partial charge on any atom is -0.314 e. The Morgan fingerprint density at radius 2 is 2.05 bits per heavy atom. The molecule has 3 nitrogen and oxygen atoms in total. The number of rotatable bonds is 6. The van der Waals surface area contributed by atoms with Crippen molar-refractivity contribution in [2.45, 2.75) is 45.7 Å². The first-order chi connectivity index (χ1) is 9.69. The van der Waals surface area contributed by atoms with Gasteiger partial charge in [-0.2, -0.15) is 0 Å². The standard InChI is InChI=1S/C17H29N3/c1-4-19-17-6-5-14(2)11-16(17)13-20(3)12-15-7-9-18-10-8-15/h7-10,14,16-17,19H,4-6,11-13H2,1-3H3. The molecule has 0 amide bonds. The van der Waals surface area contributed by atoms with Crippen LogP contribution in [-0.2, 0) is 6.54 Å². The number of nitrogens with zero attached hydrogens (tertiary/aromatic N) is 2. The predicted molar refractivity (Wildman–Crippen MR) is 84.5 cm³/mol. The van der Waals surface area contributed by atoms with E-state index in [0.29, 0.717) is 6.04 Å². The van der Waals surface area contributed by atoms with Crippen LogP contribution in [0.1, 0.15) is 38.7 Å². The Bertz CT molecular complexity index is 379. The van der Waals surface area contributed by atoms with Gasteiger partial charge in [0.2, 0.25) is 0 Å². The minimum absolute atomic E-state index is 0.705. The Kier molecular flexibility index (Phi) is 5.99. The highest BCUT2D eigenvalue weighted by Crippen LogP contribution is 2.29. The van der Waals surface area contributed by atoms with Gasteiger partial charge in [0, 0.05) is 31.5 Å². The maximum absolute atomic E-state index is 4.09. The lowest BCUT2D eigenvalue weighted by Crippen LogP contribution is -2.44. The second-order valence-corrected chi connectivity index (χ2v) is 6.39. The van der Waals surface area contributed by atoms with Gasteiger partial charge in [0.15, 0.2) is 0 Å². The topological polar surface area (TPSA) is 28.2 Å². The monoisotopic (exact) mass is 275 g/mol. The van der Waals surface area contributed by atoms with Gasteiger partial charge < -0.3 is 10.2 Å². The molecule has 0 aromatic carbocycles. The van der Waals surface area contributed by atoms with Gasteiger partial charge >= 0.3 is 0 Å². The zero-order valence-electron chi connectivity index (χ0n) is 13.2. The second kappa shape index (κ2) is 7.75. The maximum atomic E-state index is 4.09. The molecule has 1 aliphatic rings. The first-order valence-corrected chi connectivity index (χ1v) is 7.99. The smallest absolute Gasteiger partial charge is 0.0271 e. The first kappa shape index (κ1) is 15.5. The molecule has 1 aromatic rings. The third kappa shape index (κ3) is 4.57. The van der Waals surface area contributed by atoms with E-state index in [9.17, 15) is 0 Å². The van der Waals surface area contributed by atoms with E-state index in [1.54, 1.807) is 0 Å². The van der Waals surface area contributed by atoms with Crippen LogP contribution >= 0.6 is 0 Å². The van der Waals surface area contributed by atoms with Gasteiger partial charge in [0.25, 0.3) is 0 Å². The van der Waals surface area contributed by atoms with Gasteiger partial charge in [-0.25, -0.2) is 0 Å². The molecule has 0 spiro atoms. The normalized spacial score (nSPS) is 26.9. The third-order valence-electron chi connectivity index (χ3n) is 4.46. The van der Waals surface area contributed by atoms with Crippen molar-refractivity contribution in [1.29, 1.82) is 0 Å². The van der Waals surface area contributed by atoms with E-state index in [-0.39, 0.29) is 0 Å². The summed E-state index contributed by atoms with van der Waals surface area (Å²) in [5, 5.41) is 3.69. The van der Waals surface area contributed by atoms with Crippen LogP contribution in [0, 0.1) is 11.8 Å². The average molecular weight is 275 g/mol. The highest BCUT2D eigenvalue weighted by atomic mass is 15.1. The van der Waals surface area contributed by atoms with Gasteiger partial charge in [-0.3, -0.25) is 4.98 Å². The van der Waals surface area contributed by atoms with Gasteiger partial charge in [0.05, 0.1) is 0 Å². The molecule has 1 heterocycles. The fraction of sp³-hybridized carbons (Fsp3) is 0.706. The summed E-state index contributed by atoms with van der Waals surface area (Å²) in [5.41, 5.74) is 1.35. The summed E-state index contributed by atoms with van der Waals surface area (Å²) in [6, 6.07) is 4.93. The van der Waals surface area contributed by atoms with Crippen LogP contribution in [0.5, 0.6) is 0 Å². The zero-order chi connectivity index (χ0) is 14.4. The van der Waals surface area contributed by atoms with Crippen molar-refractivity contribution in [3.05, 3.63) is 30.1 Å². The Labute approximate surface area is 123 Å². The molecule has 20 heavy (non-hydrogen) atoms. The van der Waals surface area contributed by atoms with E-state index >= 15 is 0 Å². The molecule has 2 rings (SSSR count). The minimum atomic E-state index is 0.705. The molecule has 1 aromatic heterocycles. The highest BCUT2D eigenvalue weighted by Gasteiger charge is 2.28. The van der Waals surface area contributed by atoms with E-state index in [1.807, 2.05) is 12.4 Å². The summed E-state index contributed by atoms with van der Waals surface area (Å²) >= 11 is 0. The largest absolute Gasteiger partial charge is 0.314 e. The lowest BCUT2D eigenvalue weighted by Gasteiger charge is -2.37. The molecule has 0 saturated heterocycles. The third-order valence-corrected chi connectivity index (χ3v) is 4.46. The summed E-state index contributed by atoms with van der Waals surface area (Å²) in [4.78, 5) is 6.55. The predicted octanol–water partition coefficient (Wildman–Crippen LogP) is 2.93. The quantitative estimate of drug-likeness (QED) is 0.865. The number of hydrogen-bond donors (Lipinski definition) is 1. The van der Waals surface area contributed by atoms with Crippen molar-refractivity contribution in [2.24, 2.45) is 11.8 Å². The van der Waals surface area contributed by atoms with Gasteiger partial charge in [-0.05, 0) is 62.4 Å². The fourth-order valence-electron chi connectivity index (χ4n) is 3.50. The second-order valence-electron chi connectivity index (χ2n) is 6.39. The number of nitrogens with one attached hydrogen (secondary N) is 1. The van der Waals surface area contributed by atoms with Crippen molar-refractivity contribution in [2.75, 3.05) is 20.1 Å². The van der Waals surface area contributed by atoms with Gasteiger partial charge in [-0.15, -0.1) is 0 Å². The average Bonchev–Trinajstić information content (AvgIpc) is 2.43. The highest BCUT2D eigenvalue weighted by molar-refractivity contribution is 5.09. The van der Waals surface area contributed by atoms with Crippen LogP contribution in [0.25, 0.3) is 0 Å². The summed E-state index contributed by atoms with van der Waals surface area (Å²) in [6.07, 6.45) is 7.84. The van der Waals surface area contributed by atoms with Crippen LogP contribution in [0.2, 0.25) is 0 Å². The van der Waals surface area contributed by atoms with Crippen molar-refractivity contribution < 1.29 is 0 Å². The summed E-state index contributed by atoms with van der Waals surface area (Å²) in [6.45, 7) is 7.91. The van der Waals surface area contributed by atoms with Gasteiger partial charge in [-0.1, -0.05) is 13.8 Å².